The molecule has 0 saturated carbocycles. The SMILES string of the molecule is CCS(=O)(=O)Nc1cc(C)cc(COc2c(Br)cc(NC(=O)CC(=O)O)cc2Br)c1. The van der Waals surface area contributed by atoms with Crippen molar-refractivity contribution in [3.63, 3.8) is 0 Å². The molecule has 0 saturated heterocycles. The molecule has 0 radical (unpaired) electrons. The summed E-state index contributed by atoms with van der Waals surface area (Å²) >= 11 is 6.75. The number of hydrogen-bond donors (Lipinski definition) is 3. The number of aryl methyl sites for hydroxylation is 1. The second kappa shape index (κ2) is 10.3. The molecule has 0 fully saturated rings. The Bertz CT molecular complexity index is 1050. The second-order valence-electron chi connectivity index (χ2n) is 6.39. The van der Waals surface area contributed by atoms with Crippen molar-refractivity contribution >= 4 is 65.1 Å². The van der Waals surface area contributed by atoms with E-state index in [9.17, 15) is 18.0 Å². The van der Waals surface area contributed by atoms with Gasteiger partial charge in [-0.3, -0.25) is 14.3 Å². The van der Waals surface area contributed by atoms with Gasteiger partial charge < -0.3 is 15.2 Å². The van der Waals surface area contributed by atoms with E-state index in [1.54, 1.807) is 31.2 Å². The van der Waals surface area contributed by atoms with Crippen LogP contribution >= 0.6 is 31.9 Å². The molecule has 162 valence electrons. The van der Waals surface area contributed by atoms with E-state index in [-0.39, 0.29) is 12.4 Å². The van der Waals surface area contributed by atoms with E-state index in [0.29, 0.717) is 26.1 Å². The van der Waals surface area contributed by atoms with E-state index < -0.39 is 28.3 Å². The molecule has 0 atom stereocenters. The predicted molar refractivity (Wildman–Crippen MR) is 121 cm³/mol. The lowest BCUT2D eigenvalue weighted by atomic mass is 10.1. The van der Waals surface area contributed by atoms with Gasteiger partial charge in [0.25, 0.3) is 0 Å². The number of carbonyl (C=O) groups is 2. The highest BCUT2D eigenvalue weighted by Gasteiger charge is 2.14. The van der Waals surface area contributed by atoms with Gasteiger partial charge in [-0.2, -0.15) is 0 Å². The monoisotopic (exact) mass is 562 g/mol. The van der Waals surface area contributed by atoms with Crippen LogP contribution in [0.5, 0.6) is 5.75 Å². The number of carbonyl (C=O) groups excluding carboxylic acids is 1. The summed E-state index contributed by atoms with van der Waals surface area (Å²) in [5.41, 5.74) is 2.50. The fourth-order valence-electron chi connectivity index (χ4n) is 2.52. The Kier molecular flexibility index (Phi) is 8.27. The van der Waals surface area contributed by atoms with Crippen LogP contribution in [0.1, 0.15) is 24.5 Å². The Morgan fingerprint density at radius 1 is 1.07 bits per heavy atom. The Labute approximate surface area is 191 Å². The summed E-state index contributed by atoms with van der Waals surface area (Å²) in [5.74, 6) is -1.41. The van der Waals surface area contributed by atoms with Crippen molar-refractivity contribution in [1.29, 1.82) is 0 Å². The molecule has 11 heteroatoms. The van der Waals surface area contributed by atoms with Crippen LogP contribution in [-0.4, -0.2) is 31.2 Å². The van der Waals surface area contributed by atoms with Crippen LogP contribution in [-0.2, 0) is 26.2 Å². The van der Waals surface area contributed by atoms with Crippen LogP contribution in [0.2, 0.25) is 0 Å². The summed E-state index contributed by atoms with van der Waals surface area (Å²) in [4.78, 5) is 22.2. The normalized spacial score (nSPS) is 11.1. The molecule has 0 aliphatic heterocycles. The van der Waals surface area contributed by atoms with Gasteiger partial charge in [0, 0.05) is 11.4 Å². The molecule has 2 aromatic carbocycles. The van der Waals surface area contributed by atoms with Crippen molar-refractivity contribution in [2.24, 2.45) is 0 Å². The zero-order chi connectivity index (χ0) is 22.5. The molecule has 0 heterocycles. The minimum absolute atomic E-state index is 0.0258. The average Bonchev–Trinajstić information content (AvgIpc) is 2.59. The Balaban J connectivity index is 2.15. The summed E-state index contributed by atoms with van der Waals surface area (Å²) in [6.07, 6.45) is -0.634. The van der Waals surface area contributed by atoms with Gasteiger partial charge in [0.2, 0.25) is 15.9 Å². The lowest BCUT2D eigenvalue weighted by Gasteiger charge is -2.14. The van der Waals surface area contributed by atoms with Crippen molar-refractivity contribution in [3.05, 3.63) is 50.4 Å². The van der Waals surface area contributed by atoms with Gasteiger partial charge in [0.05, 0.1) is 14.7 Å². The molecule has 0 unspecified atom stereocenters. The van der Waals surface area contributed by atoms with Gasteiger partial charge in [0.1, 0.15) is 18.8 Å². The fourth-order valence-corrected chi connectivity index (χ4v) is 4.56. The van der Waals surface area contributed by atoms with Crippen LogP contribution in [0.3, 0.4) is 0 Å². The maximum atomic E-state index is 11.8. The Morgan fingerprint density at radius 3 is 2.27 bits per heavy atom. The molecule has 0 spiro atoms. The maximum Gasteiger partial charge on any atom is 0.312 e. The van der Waals surface area contributed by atoms with Crippen LogP contribution in [0, 0.1) is 6.92 Å². The number of ether oxygens (including phenoxy) is 1. The minimum atomic E-state index is -3.39. The number of carboxylic acids is 1. The van der Waals surface area contributed by atoms with E-state index in [2.05, 4.69) is 41.9 Å². The van der Waals surface area contributed by atoms with E-state index >= 15 is 0 Å². The van der Waals surface area contributed by atoms with Crippen LogP contribution in [0.25, 0.3) is 0 Å². The summed E-state index contributed by atoms with van der Waals surface area (Å²) in [7, 11) is -3.39. The molecule has 1 amide bonds. The van der Waals surface area contributed by atoms with E-state index in [4.69, 9.17) is 9.84 Å². The summed E-state index contributed by atoms with van der Waals surface area (Å²) < 4.78 is 33.1. The Morgan fingerprint density at radius 2 is 1.70 bits per heavy atom. The van der Waals surface area contributed by atoms with Crippen LogP contribution in [0.4, 0.5) is 11.4 Å². The number of benzene rings is 2. The smallest absolute Gasteiger partial charge is 0.312 e. The van der Waals surface area contributed by atoms with Crippen molar-refractivity contribution in [1.82, 2.24) is 0 Å². The molecule has 3 N–H and O–H groups in total. The number of halogens is 2. The van der Waals surface area contributed by atoms with Gasteiger partial charge in [-0.05, 0) is 81.1 Å². The topological polar surface area (TPSA) is 122 Å². The molecule has 30 heavy (non-hydrogen) atoms. The van der Waals surface area contributed by atoms with Gasteiger partial charge in [-0.25, -0.2) is 8.42 Å². The first-order valence-corrected chi connectivity index (χ1v) is 12.0. The van der Waals surface area contributed by atoms with E-state index in [1.165, 1.54) is 0 Å². The largest absolute Gasteiger partial charge is 0.487 e. The van der Waals surface area contributed by atoms with Crippen molar-refractivity contribution in [2.75, 3.05) is 15.8 Å². The lowest BCUT2D eigenvalue weighted by Crippen LogP contribution is -2.16. The van der Waals surface area contributed by atoms with E-state index in [0.717, 1.165) is 11.1 Å². The number of carboxylic acid groups (broad SMARTS) is 1. The number of anilines is 2. The molecule has 0 aromatic heterocycles. The third kappa shape index (κ3) is 7.29. The van der Waals surface area contributed by atoms with Crippen molar-refractivity contribution in [2.45, 2.75) is 26.9 Å². The third-order valence-electron chi connectivity index (χ3n) is 3.77. The van der Waals surface area contributed by atoms with Gasteiger partial charge in [-0.1, -0.05) is 6.07 Å². The number of aliphatic carboxylic acids is 1. The highest BCUT2D eigenvalue weighted by atomic mass is 79.9. The molecular formula is C19H20Br2N2O6S. The fraction of sp³-hybridized carbons (Fsp3) is 0.263. The first-order valence-electron chi connectivity index (χ1n) is 8.73. The van der Waals surface area contributed by atoms with Gasteiger partial charge >= 0.3 is 5.97 Å². The standard InChI is InChI=1S/C19H20Br2N2O6S/c1-3-30(27,28)23-14-5-11(2)4-12(6-14)10-29-19-15(20)7-13(8-16(19)21)22-17(24)9-18(25)26/h4-8,23H,3,9-10H2,1-2H3,(H,22,24)(H,25,26). The van der Waals surface area contributed by atoms with Crippen molar-refractivity contribution in [3.8, 4) is 5.75 Å². The number of rotatable bonds is 9. The molecule has 0 bridgehead atoms. The first-order chi connectivity index (χ1) is 14.0. The molecule has 0 aliphatic rings. The second-order valence-corrected chi connectivity index (χ2v) is 10.1. The highest BCUT2D eigenvalue weighted by molar-refractivity contribution is 9.11. The average molecular weight is 564 g/mol. The number of nitrogens with one attached hydrogen (secondary N) is 2. The molecule has 2 rings (SSSR count). The predicted octanol–water partition coefficient (Wildman–Crippen LogP) is 4.27. The number of hydrogen-bond acceptors (Lipinski definition) is 5. The van der Waals surface area contributed by atoms with Crippen molar-refractivity contribution < 1.29 is 27.9 Å². The van der Waals surface area contributed by atoms with Crippen LogP contribution < -0.4 is 14.8 Å². The maximum absolute atomic E-state index is 11.8. The zero-order valence-corrected chi connectivity index (χ0v) is 20.1. The third-order valence-corrected chi connectivity index (χ3v) is 6.25. The quantitative estimate of drug-likeness (QED) is 0.392. The first kappa shape index (κ1) is 24.2. The lowest BCUT2D eigenvalue weighted by molar-refractivity contribution is -0.139. The van der Waals surface area contributed by atoms with Crippen LogP contribution in [0.15, 0.2) is 39.3 Å². The van der Waals surface area contributed by atoms with E-state index in [1.807, 2.05) is 13.0 Å². The minimum Gasteiger partial charge on any atom is -0.487 e. The molecule has 8 nitrogen and oxygen atoms in total. The van der Waals surface area contributed by atoms with Gasteiger partial charge in [0.15, 0.2) is 0 Å². The Hall–Kier alpha value is -2.11. The highest BCUT2D eigenvalue weighted by Crippen LogP contribution is 2.37. The summed E-state index contributed by atoms with van der Waals surface area (Å²) in [6, 6.07) is 8.50. The molecule has 2 aromatic rings. The van der Waals surface area contributed by atoms with Gasteiger partial charge in [-0.15, -0.1) is 0 Å². The number of amides is 1. The number of sulfonamides is 1. The zero-order valence-electron chi connectivity index (χ0n) is 16.2. The molecule has 0 aliphatic carbocycles. The summed E-state index contributed by atoms with van der Waals surface area (Å²) in [5, 5.41) is 11.2. The summed E-state index contributed by atoms with van der Waals surface area (Å²) in [6.45, 7) is 3.59. The molecular weight excluding hydrogens is 544 g/mol.